The number of ether oxygens (including phenoxy) is 4. The van der Waals surface area contributed by atoms with Crippen molar-refractivity contribution in [2.45, 2.75) is 0 Å². The molecule has 1 aromatic heterocycles. The van der Waals surface area contributed by atoms with Crippen molar-refractivity contribution >= 4 is 29.6 Å². The van der Waals surface area contributed by atoms with E-state index in [1.54, 1.807) is 41.3 Å². The number of aromatic nitrogens is 2. The van der Waals surface area contributed by atoms with Crippen LogP contribution in [0.15, 0.2) is 53.8 Å². The predicted molar refractivity (Wildman–Crippen MR) is 136 cm³/mol. The fourth-order valence-electron chi connectivity index (χ4n) is 3.53. The molecule has 0 unspecified atom stereocenters. The average Bonchev–Trinajstić information content (AvgIpc) is 2.94. The van der Waals surface area contributed by atoms with Gasteiger partial charge >= 0.3 is 0 Å². The molecule has 1 amide bonds. The normalized spacial score (nSPS) is 13.3. The van der Waals surface area contributed by atoms with E-state index < -0.39 is 5.82 Å². The van der Waals surface area contributed by atoms with Crippen molar-refractivity contribution in [1.29, 1.82) is 0 Å². The highest BCUT2D eigenvalue weighted by Gasteiger charge is 2.18. The molecule has 0 bridgehead atoms. The van der Waals surface area contributed by atoms with Crippen LogP contribution in [0.4, 0.5) is 21.8 Å². The Morgan fingerprint density at radius 3 is 2.70 bits per heavy atom. The van der Waals surface area contributed by atoms with Crippen molar-refractivity contribution in [3.8, 4) is 17.2 Å². The zero-order chi connectivity index (χ0) is 26.0. The first-order chi connectivity index (χ1) is 18.1. The Balaban J connectivity index is 1.35. The van der Waals surface area contributed by atoms with Gasteiger partial charge in [0.05, 0.1) is 45.5 Å². The Labute approximate surface area is 213 Å². The summed E-state index contributed by atoms with van der Waals surface area (Å²) in [5, 5.41) is 6.88. The first-order valence-electron chi connectivity index (χ1n) is 11.5. The Morgan fingerprint density at radius 1 is 1.14 bits per heavy atom. The van der Waals surface area contributed by atoms with Crippen LogP contribution in [0.1, 0.15) is 5.56 Å². The molecule has 2 N–H and O–H groups in total. The lowest BCUT2D eigenvalue weighted by Crippen LogP contribution is -2.37. The van der Waals surface area contributed by atoms with Crippen LogP contribution in [0.25, 0.3) is 0 Å². The number of hydrazone groups is 1. The second-order valence-corrected chi connectivity index (χ2v) is 7.78. The molecule has 2 heterocycles. The van der Waals surface area contributed by atoms with Gasteiger partial charge in [0.25, 0.3) is 5.91 Å². The number of carbonyl (C=O) groups is 1. The van der Waals surface area contributed by atoms with Crippen molar-refractivity contribution in [3.05, 3.63) is 60.0 Å². The largest absolute Gasteiger partial charge is 0.495 e. The summed E-state index contributed by atoms with van der Waals surface area (Å²) in [7, 11) is 3.03. The SMILES string of the molecule is COc1ccccc1NC(=O)COc1ccc(/C=N\Nc2ncc(F)c(N3CCOCC3)n2)cc1OC. The van der Waals surface area contributed by atoms with E-state index in [0.29, 0.717) is 54.8 Å². The molecule has 3 aromatic rings. The molecule has 0 aliphatic carbocycles. The molecule has 1 aliphatic heterocycles. The maximum absolute atomic E-state index is 14.2. The number of hydrogen-bond donors (Lipinski definition) is 2. The third kappa shape index (κ3) is 6.82. The summed E-state index contributed by atoms with van der Waals surface area (Å²) in [5.41, 5.74) is 3.95. The van der Waals surface area contributed by atoms with Gasteiger partial charge in [-0.3, -0.25) is 4.79 Å². The molecular weight excluding hydrogens is 483 g/mol. The van der Waals surface area contributed by atoms with Crippen LogP contribution in [0.3, 0.4) is 0 Å². The Bertz CT molecular complexity index is 1250. The molecule has 2 aromatic carbocycles. The minimum atomic E-state index is -0.506. The lowest BCUT2D eigenvalue weighted by atomic mass is 10.2. The van der Waals surface area contributed by atoms with Crippen LogP contribution in [-0.4, -0.2) is 69.2 Å². The van der Waals surface area contributed by atoms with Crippen LogP contribution in [0, 0.1) is 5.82 Å². The zero-order valence-electron chi connectivity index (χ0n) is 20.4. The molecule has 1 fully saturated rings. The lowest BCUT2D eigenvalue weighted by molar-refractivity contribution is -0.118. The van der Waals surface area contributed by atoms with Gasteiger partial charge in [0.1, 0.15) is 5.75 Å². The molecule has 0 atom stereocenters. The first kappa shape index (κ1) is 25.6. The van der Waals surface area contributed by atoms with E-state index in [-0.39, 0.29) is 24.3 Å². The van der Waals surface area contributed by atoms with Crippen molar-refractivity contribution in [1.82, 2.24) is 9.97 Å². The summed E-state index contributed by atoms with van der Waals surface area (Å²) >= 11 is 0. The van der Waals surface area contributed by atoms with Gasteiger partial charge < -0.3 is 29.2 Å². The van der Waals surface area contributed by atoms with E-state index in [9.17, 15) is 9.18 Å². The number of rotatable bonds is 10. The molecule has 12 heteroatoms. The number of morpholine rings is 1. The maximum Gasteiger partial charge on any atom is 0.262 e. The van der Waals surface area contributed by atoms with Gasteiger partial charge in [-0.15, -0.1) is 0 Å². The molecule has 0 spiro atoms. The van der Waals surface area contributed by atoms with Crippen molar-refractivity contribution < 1.29 is 28.1 Å². The van der Waals surface area contributed by atoms with E-state index in [1.165, 1.54) is 20.4 Å². The highest BCUT2D eigenvalue weighted by atomic mass is 19.1. The van der Waals surface area contributed by atoms with Crippen molar-refractivity contribution in [2.24, 2.45) is 5.10 Å². The Kier molecular flexibility index (Phi) is 8.66. The smallest absolute Gasteiger partial charge is 0.262 e. The number of anilines is 3. The molecular formula is C25H27FN6O5. The highest BCUT2D eigenvalue weighted by molar-refractivity contribution is 5.93. The number of benzene rings is 2. The third-order valence-electron chi connectivity index (χ3n) is 5.34. The fraction of sp³-hybridized carbons (Fsp3) is 0.280. The van der Waals surface area contributed by atoms with Gasteiger partial charge in [-0.2, -0.15) is 10.1 Å². The maximum atomic E-state index is 14.2. The monoisotopic (exact) mass is 510 g/mol. The molecule has 11 nitrogen and oxygen atoms in total. The number of nitrogens with zero attached hydrogens (tertiary/aromatic N) is 4. The van der Waals surface area contributed by atoms with Crippen LogP contribution < -0.4 is 29.9 Å². The molecule has 0 radical (unpaired) electrons. The van der Waals surface area contributed by atoms with Crippen LogP contribution in [0.5, 0.6) is 17.2 Å². The van der Waals surface area contributed by atoms with Gasteiger partial charge in [-0.25, -0.2) is 14.8 Å². The minimum absolute atomic E-state index is 0.159. The number of carbonyl (C=O) groups excluding carboxylic acids is 1. The van der Waals surface area contributed by atoms with Gasteiger partial charge in [-0.1, -0.05) is 12.1 Å². The number of para-hydroxylation sites is 2. The predicted octanol–water partition coefficient (Wildman–Crippen LogP) is 2.93. The number of nitrogens with one attached hydrogen (secondary N) is 2. The number of amides is 1. The summed E-state index contributed by atoms with van der Waals surface area (Å²) in [5.74, 6) is 0.863. The van der Waals surface area contributed by atoms with Crippen LogP contribution in [-0.2, 0) is 9.53 Å². The van der Waals surface area contributed by atoms with Gasteiger partial charge in [0.15, 0.2) is 29.7 Å². The minimum Gasteiger partial charge on any atom is -0.495 e. The Hall–Kier alpha value is -4.45. The topological polar surface area (TPSA) is 119 Å². The van der Waals surface area contributed by atoms with E-state index in [2.05, 4.69) is 25.8 Å². The summed E-state index contributed by atoms with van der Waals surface area (Å²) < 4.78 is 35.8. The Morgan fingerprint density at radius 2 is 1.92 bits per heavy atom. The van der Waals surface area contributed by atoms with Gasteiger partial charge in [0.2, 0.25) is 5.95 Å². The van der Waals surface area contributed by atoms with E-state index in [4.69, 9.17) is 18.9 Å². The van der Waals surface area contributed by atoms with Gasteiger partial charge in [0, 0.05) is 13.1 Å². The molecule has 194 valence electrons. The molecule has 37 heavy (non-hydrogen) atoms. The van der Waals surface area contributed by atoms with Crippen molar-refractivity contribution in [2.75, 3.05) is 62.8 Å². The second-order valence-electron chi connectivity index (χ2n) is 7.78. The third-order valence-corrected chi connectivity index (χ3v) is 5.34. The summed E-state index contributed by atoms with van der Waals surface area (Å²) in [6, 6.07) is 12.2. The molecule has 0 saturated carbocycles. The van der Waals surface area contributed by atoms with Crippen molar-refractivity contribution in [3.63, 3.8) is 0 Å². The van der Waals surface area contributed by atoms with E-state index >= 15 is 0 Å². The second kappa shape index (κ2) is 12.5. The number of hydrogen-bond acceptors (Lipinski definition) is 10. The number of halogens is 1. The first-order valence-corrected chi connectivity index (χ1v) is 11.5. The zero-order valence-corrected chi connectivity index (χ0v) is 20.4. The summed E-state index contributed by atoms with van der Waals surface area (Å²) in [6.45, 7) is 1.90. The molecule has 4 rings (SSSR count). The molecule has 1 saturated heterocycles. The molecule has 1 aliphatic rings. The fourth-order valence-corrected chi connectivity index (χ4v) is 3.53. The van der Waals surface area contributed by atoms with Crippen LogP contribution in [0.2, 0.25) is 0 Å². The quantitative estimate of drug-likeness (QED) is 0.313. The summed E-state index contributed by atoms with van der Waals surface area (Å²) in [4.78, 5) is 22.3. The highest BCUT2D eigenvalue weighted by Crippen LogP contribution is 2.28. The lowest BCUT2D eigenvalue weighted by Gasteiger charge is -2.27. The standard InChI is InChI=1S/C25H27FN6O5/c1-34-20-6-4-3-5-19(20)29-23(33)16-37-21-8-7-17(13-22(21)35-2)14-28-31-25-27-15-18(26)24(30-25)32-9-11-36-12-10-32/h3-8,13-15H,9-12,16H2,1-2H3,(H,29,33)(H,27,30,31)/b28-14-. The van der Waals surface area contributed by atoms with Crippen LogP contribution >= 0.6 is 0 Å². The van der Waals surface area contributed by atoms with E-state index in [0.717, 1.165) is 6.20 Å². The van der Waals surface area contributed by atoms with Gasteiger partial charge in [-0.05, 0) is 35.9 Å². The average molecular weight is 511 g/mol. The summed E-state index contributed by atoms with van der Waals surface area (Å²) in [6.07, 6.45) is 2.64. The number of methoxy groups -OCH3 is 2. The van der Waals surface area contributed by atoms with E-state index in [1.807, 2.05) is 6.07 Å².